The highest BCUT2D eigenvalue weighted by Crippen LogP contribution is 2.36. The first-order valence-corrected chi connectivity index (χ1v) is 7.78. The minimum absolute atomic E-state index is 0.966. The lowest BCUT2D eigenvalue weighted by Gasteiger charge is -2.21. The van der Waals surface area contributed by atoms with Gasteiger partial charge in [0.15, 0.2) is 0 Å². The fourth-order valence-electron chi connectivity index (χ4n) is 3.17. The van der Waals surface area contributed by atoms with Crippen molar-refractivity contribution in [2.75, 3.05) is 11.9 Å². The molecule has 0 radical (unpaired) electrons. The van der Waals surface area contributed by atoms with E-state index >= 15 is 0 Å². The molecule has 20 heavy (non-hydrogen) atoms. The average Bonchev–Trinajstić information content (AvgIpc) is 3.21. The Morgan fingerprint density at radius 1 is 1.30 bits per heavy atom. The van der Waals surface area contributed by atoms with E-state index in [0.717, 1.165) is 19.0 Å². The molecule has 1 aromatic heterocycles. The van der Waals surface area contributed by atoms with Gasteiger partial charge in [-0.25, -0.2) is 4.98 Å². The molecule has 1 saturated carbocycles. The standard InChI is InChI=1S/C17H21N3/c1-3-14-4-2-9-19-17(14)15(5-1)16-11-18-12-20(16)10-8-13-6-7-13/h1,3,5,11-13,19H,2,4,6-10H2. The lowest BCUT2D eigenvalue weighted by Crippen LogP contribution is -2.13. The summed E-state index contributed by atoms with van der Waals surface area (Å²) in [4.78, 5) is 4.38. The number of aromatic nitrogens is 2. The van der Waals surface area contributed by atoms with Crippen molar-refractivity contribution < 1.29 is 0 Å². The Bertz CT molecular complexity index is 610. The third kappa shape index (κ3) is 2.21. The number of aryl methyl sites for hydroxylation is 2. The van der Waals surface area contributed by atoms with Gasteiger partial charge < -0.3 is 9.88 Å². The van der Waals surface area contributed by atoms with Crippen LogP contribution in [0, 0.1) is 5.92 Å². The minimum Gasteiger partial charge on any atom is -0.384 e. The molecule has 1 aliphatic carbocycles. The maximum absolute atomic E-state index is 4.38. The van der Waals surface area contributed by atoms with Crippen molar-refractivity contribution in [3.05, 3.63) is 36.3 Å². The molecule has 2 aromatic rings. The van der Waals surface area contributed by atoms with Gasteiger partial charge in [-0.15, -0.1) is 0 Å². The monoisotopic (exact) mass is 267 g/mol. The third-order valence-corrected chi connectivity index (χ3v) is 4.54. The van der Waals surface area contributed by atoms with Gasteiger partial charge >= 0.3 is 0 Å². The van der Waals surface area contributed by atoms with Crippen LogP contribution < -0.4 is 5.32 Å². The molecular weight excluding hydrogens is 246 g/mol. The molecule has 0 amide bonds. The first kappa shape index (κ1) is 12.0. The van der Waals surface area contributed by atoms with Crippen LogP contribution in [0.2, 0.25) is 0 Å². The number of fused-ring (bicyclic) bond motifs is 1. The van der Waals surface area contributed by atoms with Gasteiger partial charge in [-0.3, -0.25) is 0 Å². The van der Waals surface area contributed by atoms with E-state index in [1.165, 1.54) is 54.6 Å². The summed E-state index contributed by atoms with van der Waals surface area (Å²) >= 11 is 0. The molecule has 3 nitrogen and oxygen atoms in total. The third-order valence-electron chi connectivity index (χ3n) is 4.54. The van der Waals surface area contributed by atoms with Gasteiger partial charge in [-0.1, -0.05) is 31.0 Å². The van der Waals surface area contributed by atoms with Gasteiger partial charge in [0, 0.05) is 24.3 Å². The van der Waals surface area contributed by atoms with Crippen molar-refractivity contribution in [1.29, 1.82) is 0 Å². The molecule has 1 aromatic carbocycles. The number of hydrogen-bond donors (Lipinski definition) is 1. The largest absolute Gasteiger partial charge is 0.384 e. The maximum atomic E-state index is 4.38. The highest BCUT2D eigenvalue weighted by Gasteiger charge is 2.22. The van der Waals surface area contributed by atoms with Crippen LogP contribution in [0.3, 0.4) is 0 Å². The zero-order valence-corrected chi connectivity index (χ0v) is 11.8. The first-order valence-electron chi connectivity index (χ1n) is 7.78. The molecule has 0 spiro atoms. The van der Waals surface area contributed by atoms with Gasteiger partial charge in [-0.2, -0.15) is 0 Å². The van der Waals surface area contributed by atoms with Gasteiger partial charge in [0.1, 0.15) is 0 Å². The predicted molar refractivity (Wildman–Crippen MR) is 81.8 cm³/mol. The Hall–Kier alpha value is -1.77. The fraction of sp³-hybridized carbons (Fsp3) is 0.471. The van der Waals surface area contributed by atoms with Crippen LogP contribution >= 0.6 is 0 Å². The Morgan fingerprint density at radius 2 is 2.25 bits per heavy atom. The second-order valence-corrected chi connectivity index (χ2v) is 6.07. The van der Waals surface area contributed by atoms with Gasteiger partial charge in [-0.05, 0) is 30.7 Å². The number of para-hydroxylation sites is 1. The molecule has 104 valence electrons. The van der Waals surface area contributed by atoms with E-state index in [1.807, 2.05) is 12.5 Å². The summed E-state index contributed by atoms with van der Waals surface area (Å²) in [5.41, 5.74) is 5.35. The quantitative estimate of drug-likeness (QED) is 0.915. The number of anilines is 1. The van der Waals surface area contributed by atoms with E-state index in [1.54, 1.807) is 0 Å². The van der Waals surface area contributed by atoms with Crippen LogP contribution in [0.25, 0.3) is 11.3 Å². The average molecular weight is 267 g/mol. The summed E-state index contributed by atoms with van der Waals surface area (Å²) in [6, 6.07) is 6.65. The van der Waals surface area contributed by atoms with Crippen molar-refractivity contribution in [2.45, 2.75) is 38.6 Å². The number of hydrogen-bond acceptors (Lipinski definition) is 2. The topological polar surface area (TPSA) is 29.9 Å². The molecular formula is C17H21N3. The van der Waals surface area contributed by atoms with E-state index in [4.69, 9.17) is 0 Å². The van der Waals surface area contributed by atoms with Crippen molar-refractivity contribution in [3.63, 3.8) is 0 Å². The Labute approximate surface area is 120 Å². The predicted octanol–water partition coefficient (Wildman–Crippen LogP) is 3.71. The van der Waals surface area contributed by atoms with Gasteiger partial charge in [0.2, 0.25) is 0 Å². The maximum Gasteiger partial charge on any atom is 0.0950 e. The summed E-state index contributed by atoms with van der Waals surface area (Å²) in [5, 5.41) is 3.58. The van der Waals surface area contributed by atoms with Crippen LogP contribution in [-0.2, 0) is 13.0 Å². The Balaban J connectivity index is 1.68. The van der Waals surface area contributed by atoms with Crippen LogP contribution in [0.5, 0.6) is 0 Å². The molecule has 0 unspecified atom stereocenters. The highest BCUT2D eigenvalue weighted by atomic mass is 15.0. The van der Waals surface area contributed by atoms with E-state index in [9.17, 15) is 0 Å². The zero-order chi connectivity index (χ0) is 13.4. The van der Waals surface area contributed by atoms with E-state index < -0.39 is 0 Å². The SMILES string of the molecule is c1cc2c(c(-c3cncn3CCC3CC3)c1)NCCC2. The molecule has 0 saturated heterocycles. The van der Waals surface area contributed by atoms with Crippen molar-refractivity contribution in [1.82, 2.24) is 9.55 Å². The molecule has 0 bridgehead atoms. The summed E-state index contributed by atoms with van der Waals surface area (Å²) in [7, 11) is 0. The number of benzene rings is 1. The fourth-order valence-corrected chi connectivity index (χ4v) is 3.17. The zero-order valence-electron chi connectivity index (χ0n) is 11.8. The summed E-state index contributed by atoms with van der Waals surface area (Å²) < 4.78 is 2.32. The summed E-state index contributed by atoms with van der Waals surface area (Å²) in [6.07, 6.45) is 10.6. The minimum atomic E-state index is 0.966. The summed E-state index contributed by atoms with van der Waals surface area (Å²) in [5.74, 6) is 0.966. The second kappa shape index (κ2) is 4.97. The molecule has 1 fully saturated rings. The van der Waals surface area contributed by atoms with Crippen LogP contribution in [-0.4, -0.2) is 16.1 Å². The molecule has 3 heteroatoms. The number of nitrogens with one attached hydrogen (secondary N) is 1. The van der Waals surface area contributed by atoms with Crippen LogP contribution in [0.4, 0.5) is 5.69 Å². The first-order chi connectivity index (χ1) is 9.92. The second-order valence-electron chi connectivity index (χ2n) is 6.07. The highest BCUT2D eigenvalue weighted by molar-refractivity contribution is 5.78. The lowest BCUT2D eigenvalue weighted by molar-refractivity contribution is 0.600. The van der Waals surface area contributed by atoms with Crippen LogP contribution in [0.1, 0.15) is 31.2 Å². The Morgan fingerprint density at radius 3 is 3.15 bits per heavy atom. The van der Waals surface area contributed by atoms with Crippen molar-refractivity contribution in [3.8, 4) is 11.3 Å². The van der Waals surface area contributed by atoms with Crippen molar-refractivity contribution in [2.24, 2.45) is 5.92 Å². The summed E-state index contributed by atoms with van der Waals surface area (Å²) in [6.45, 7) is 2.18. The van der Waals surface area contributed by atoms with Gasteiger partial charge in [0.05, 0.1) is 18.2 Å². The molecule has 4 rings (SSSR count). The Kier molecular flexibility index (Phi) is 2.98. The number of nitrogens with zero attached hydrogens (tertiary/aromatic N) is 2. The molecule has 2 heterocycles. The normalized spacial score (nSPS) is 17.6. The molecule has 0 atom stereocenters. The smallest absolute Gasteiger partial charge is 0.0950 e. The van der Waals surface area contributed by atoms with Crippen LogP contribution in [0.15, 0.2) is 30.7 Å². The number of imidazole rings is 1. The molecule has 2 aliphatic rings. The number of rotatable bonds is 4. The van der Waals surface area contributed by atoms with Gasteiger partial charge in [0.25, 0.3) is 0 Å². The molecule has 1 aliphatic heterocycles. The van der Waals surface area contributed by atoms with E-state index in [2.05, 4.69) is 33.1 Å². The van der Waals surface area contributed by atoms with E-state index in [-0.39, 0.29) is 0 Å². The molecule has 1 N–H and O–H groups in total. The van der Waals surface area contributed by atoms with E-state index in [0.29, 0.717) is 0 Å². The van der Waals surface area contributed by atoms with Crippen molar-refractivity contribution >= 4 is 5.69 Å². The lowest BCUT2D eigenvalue weighted by atomic mass is 9.98.